The maximum Gasteiger partial charge on any atom is 0.333 e. The highest BCUT2D eigenvalue weighted by Crippen LogP contribution is 2.04. The Bertz CT molecular complexity index is 369. The summed E-state index contributed by atoms with van der Waals surface area (Å²) in [6, 6.07) is 0. The van der Waals surface area contributed by atoms with Crippen molar-refractivity contribution in [1.82, 2.24) is 0 Å². The Morgan fingerprint density at radius 1 is 1.00 bits per heavy atom. The van der Waals surface area contributed by atoms with E-state index in [1.165, 1.54) is 0 Å². The van der Waals surface area contributed by atoms with E-state index in [0.29, 0.717) is 13.2 Å². The Morgan fingerprint density at radius 2 is 1.45 bits per heavy atom. The minimum absolute atomic E-state index is 0.0886. The summed E-state index contributed by atoms with van der Waals surface area (Å²) >= 11 is 0. The monoisotopic (exact) mass is 310 g/mol. The van der Waals surface area contributed by atoms with Gasteiger partial charge in [-0.3, -0.25) is 4.79 Å². The van der Waals surface area contributed by atoms with Crippen LogP contribution in [-0.2, 0) is 19.1 Å². The molecule has 0 aromatic heterocycles. The van der Waals surface area contributed by atoms with Crippen LogP contribution in [0.25, 0.3) is 0 Å². The Kier molecular flexibility index (Phi) is 15.9. The summed E-state index contributed by atoms with van der Waals surface area (Å²) in [6.45, 7) is 17.2. The molecular weight excluding hydrogens is 280 g/mol. The smallest absolute Gasteiger partial charge is 0.333 e. The molecular formula is C18H30O4. The van der Waals surface area contributed by atoms with E-state index in [1.807, 2.05) is 20.8 Å². The highest BCUT2D eigenvalue weighted by molar-refractivity contribution is 5.93. The first-order chi connectivity index (χ1) is 10.4. The van der Waals surface area contributed by atoms with Gasteiger partial charge in [0, 0.05) is 5.57 Å². The van der Waals surface area contributed by atoms with Gasteiger partial charge < -0.3 is 9.47 Å². The quantitative estimate of drug-likeness (QED) is 0.260. The van der Waals surface area contributed by atoms with Gasteiger partial charge in [-0.25, -0.2) is 4.79 Å². The van der Waals surface area contributed by atoms with E-state index in [9.17, 15) is 9.59 Å². The molecule has 0 aromatic rings. The minimum atomic E-state index is -0.508. The third-order valence-electron chi connectivity index (χ3n) is 2.49. The molecule has 0 fully saturated rings. The van der Waals surface area contributed by atoms with Crippen LogP contribution in [0.1, 0.15) is 52.9 Å². The van der Waals surface area contributed by atoms with Crippen LogP contribution in [0.4, 0.5) is 0 Å². The predicted molar refractivity (Wildman–Crippen MR) is 90.5 cm³/mol. The fourth-order valence-corrected chi connectivity index (χ4v) is 1.04. The van der Waals surface area contributed by atoms with Gasteiger partial charge in [-0.05, 0) is 19.8 Å². The second kappa shape index (κ2) is 15.5. The van der Waals surface area contributed by atoms with Gasteiger partial charge in [-0.1, -0.05) is 58.1 Å². The molecule has 0 saturated heterocycles. The van der Waals surface area contributed by atoms with Crippen molar-refractivity contribution in [2.24, 2.45) is 0 Å². The van der Waals surface area contributed by atoms with Gasteiger partial charge >= 0.3 is 11.9 Å². The molecule has 0 spiro atoms. The van der Waals surface area contributed by atoms with Crippen molar-refractivity contribution in [2.45, 2.75) is 52.9 Å². The first-order valence-corrected chi connectivity index (χ1v) is 7.67. The fraction of sp³-hybridized carbons (Fsp3) is 0.556. The lowest BCUT2D eigenvalue weighted by atomic mass is 10.2. The average molecular weight is 310 g/mol. The third kappa shape index (κ3) is 16.2. The van der Waals surface area contributed by atoms with Crippen LogP contribution in [0.15, 0.2) is 37.0 Å². The summed E-state index contributed by atoms with van der Waals surface area (Å²) in [7, 11) is 0. The highest BCUT2D eigenvalue weighted by atomic mass is 16.5. The Balaban J connectivity index is 0. The van der Waals surface area contributed by atoms with Gasteiger partial charge in [0.15, 0.2) is 0 Å². The molecule has 0 heterocycles. The van der Waals surface area contributed by atoms with Crippen molar-refractivity contribution < 1.29 is 19.1 Å². The number of hydrogen-bond donors (Lipinski definition) is 0. The van der Waals surface area contributed by atoms with Crippen LogP contribution in [0, 0.1) is 0 Å². The third-order valence-corrected chi connectivity index (χ3v) is 2.49. The van der Waals surface area contributed by atoms with Gasteiger partial charge in [-0.15, -0.1) is 0 Å². The summed E-state index contributed by atoms with van der Waals surface area (Å²) in [4.78, 5) is 22.6. The number of esters is 2. The van der Waals surface area contributed by atoms with Gasteiger partial charge in [0.05, 0.1) is 19.6 Å². The SMILES string of the molecule is C=C(CC(=O)OCCCC)C(=O)OCCCC.C=CC(=C)C. The fourth-order valence-electron chi connectivity index (χ4n) is 1.04. The Labute approximate surface area is 134 Å². The lowest BCUT2D eigenvalue weighted by Gasteiger charge is -2.07. The second-order valence-corrected chi connectivity index (χ2v) is 4.89. The van der Waals surface area contributed by atoms with Gasteiger partial charge in [0.25, 0.3) is 0 Å². The minimum Gasteiger partial charge on any atom is -0.465 e. The van der Waals surface area contributed by atoms with Crippen molar-refractivity contribution in [3.05, 3.63) is 37.0 Å². The average Bonchev–Trinajstić information content (AvgIpc) is 2.48. The number of carbonyl (C=O) groups is 2. The molecule has 0 aliphatic rings. The molecule has 0 unspecified atom stereocenters. The van der Waals surface area contributed by atoms with Crippen LogP contribution >= 0.6 is 0 Å². The van der Waals surface area contributed by atoms with Crippen LogP contribution in [0.2, 0.25) is 0 Å². The van der Waals surface area contributed by atoms with Crippen LogP contribution in [0.3, 0.4) is 0 Å². The topological polar surface area (TPSA) is 52.6 Å². The number of rotatable bonds is 10. The summed E-state index contributed by atoms with van der Waals surface area (Å²) in [6.07, 6.45) is 5.21. The van der Waals surface area contributed by atoms with Crippen LogP contribution in [0.5, 0.6) is 0 Å². The summed E-state index contributed by atoms with van der Waals surface area (Å²) < 4.78 is 9.85. The lowest BCUT2D eigenvalue weighted by molar-refractivity contribution is -0.146. The molecule has 0 rings (SSSR count). The largest absolute Gasteiger partial charge is 0.465 e. The van der Waals surface area contributed by atoms with Crippen molar-refractivity contribution in [3.8, 4) is 0 Å². The molecule has 0 aliphatic carbocycles. The molecule has 0 atom stereocenters. The summed E-state index contributed by atoms with van der Waals surface area (Å²) in [5.41, 5.74) is 1.17. The maximum atomic E-state index is 11.4. The van der Waals surface area contributed by atoms with E-state index in [2.05, 4.69) is 19.7 Å². The summed E-state index contributed by atoms with van der Waals surface area (Å²) in [5, 5.41) is 0. The van der Waals surface area contributed by atoms with Crippen molar-refractivity contribution in [3.63, 3.8) is 0 Å². The first kappa shape index (κ1) is 22.4. The van der Waals surface area contributed by atoms with E-state index in [-0.39, 0.29) is 12.0 Å². The number of allylic oxidation sites excluding steroid dienone is 2. The second-order valence-electron chi connectivity index (χ2n) is 4.89. The molecule has 0 N–H and O–H groups in total. The number of carbonyl (C=O) groups excluding carboxylic acids is 2. The summed E-state index contributed by atoms with van der Waals surface area (Å²) in [5.74, 6) is -0.929. The molecule has 0 amide bonds. The standard InChI is InChI=1S/C13H22O4.C5H8/c1-4-6-8-16-12(14)10-11(3)13(15)17-9-7-5-2;1-4-5(2)3/h3-10H2,1-2H3;4H,1-2H2,3H3. The maximum absolute atomic E-state index is 11.4. The van der Waals surface area contributed by atoms with Crippen LogP contribution < -0.4 is 0 Å². The highest BCUT2D eigenvalue weighted by Gasteiger charge is 2.13. The van der Waals surface area contributed by atoms with E-state index in [4.69, 9.17) is 9.47 Å². The molecule has 0 aromatic carbocycles. The van der Waals surface area contributed by atoms with Gasteiger partial charge in [0.2, 0.25) is 0 Å². The zero-order chi connectivity index (χ0) is 17.4. The van der Waals surface area contributed by atoms with Gasteiger partial charge in [0.1, 0.15) is 0 Å². The number of ether oxygens (including phenoxy) is 2. The van der Waals surface area contributed by atoms with Gasteiger partial charge in [-0.2, -0.15) is 0 Å². The normalized spacial score (nSPS) is 9.05. The Morgan fingerprint density at radius 3 is 1.86 bits per heavy atom. The van der Waals surface area contributed by atoms with Crippen molar-refractivity contribution in [1.29, 1.82) is 0 Å². The molecule has 0 aliphatic heterocycles. The molecule has 0 radical (unpaired) electrons. The molecule has 22 heavy (non-hydrogen) atoms. The molecule has 0 saturated carbocycles. The molecule has 126 valence electrons. The zero-order valence-electron chi connectivity index (χ0n) is 14.3. The van der Waals surface area contributed by atoms with E-state index >= 15 is 0 Å². The zero-order valence-corrected chi connectivity index (χ0v) is 14.3. The van der Waals surface area contributed by atoms with Crippen molar-refractivity contribution in [2.75, 3.05) is 13.2 Å². The van der Waals surface area contributed by atoms with Crippen LogP contribution in [-0.4, -0.2) is 25.2 Å². The lowest BCUT2D eigenvalue weighted by Crippen LogP contribution is -2.13. The molecule has 4 heteroatoms. The van der Waals surface area contributed by atoms with Crippen molar-refractivity contribution >= 4 is 11.9 Å². The van der Waals surface area contributed by atoms with E-state index in [1.54, 1.807) is 6.08 Å². The Hall–Kier alpha value is -1.84. The molecule has 4 nitrogen and oxygen atoms in total. The van der Waals surface area contributed by atoms with E-state index < -0.39 is 11.9 Å². The number of unbranched alkanes of at least 4 members (excludes halogenated alkanes) is 2. The molecule has 0 bridgehead atoms. The first-order valence-electron chi connectivity index (χ1n) is 7.67. The predicted octanol–water partition coefficient (Wildman–Crippen LogP) is 4.37. The van der Waals surface area contributed by atoms with E-state index in [0.717, 1.165) is 31.3 Å². The number of hydrogen-bond acceptors (Lipinski definition) is 4.